The molecule has 10 aliphatic carbocycles. The maximum atomic E-state index is 15.0. The van der Waals surface area contributed by atoms with Crippen LogP contribution in [0, 0.1) is 75.4 Å². The monoisotopic (exact) mass is 736 g/mol. The third kappa shape index (κ3) is 5.67. The number of esters is 4. The molecule has 1 saturated heterocycles. The molecular formula is C44H64O9. The summed E-state index contributed by atoms with van der Waals surface area (Å²) >= 11 is 0. The van der Waals surface area contributed by atoms with Gasteiger partial charge in [0.2, 0.25) is 0 Å². The second kappa shape index (κ2) is 12.2. The summed E-state index contributed by atoms with van der Waals surface area (Å²) in [5, 5.41) is 0. The van der Waals surface area contributed by atoms with E-state index in [-0.39, 0.29) is 72.3 Å². The molecule has 9 atom stereocenters. The van der Waals surface area contributed by atoms with Gasteiger partial charge >= 0.3 is 23.9 Å². The topological polar surface area (TPSA) is 114 Å². The van der Waals surface area contributed by atoms with Gasteiger partial charge in [-0.3, -0.25) is 19.2 Å². The van der Waals surface area contributed by atoms with Gasteiger partial charge in [-0.05, 0) is 172 Å². The van der Waals surface area contributed by atoms with Crippen LogP contribution in [0.15, 0.2) is 0 Å². The van der Waals surface area contributed by atoms with Crippen LogP contribution in [-0.2, 0) is 42.9 Å². The summed E-state index contributed by atoms with van der Waals surface area (Å²) in [6, 6.07) is 0. The van der Waals surface area contributed by atoms with E-state index in [9.17, 15) is 14.4 Å². The van der Waals surface area contributed by atoms with Crippen LogP contribution in [-0.4, -0.2) is 60.5 Å². The highest BCUT2D eigenvalue weighted by Gasteiger charge is 2.65. The zero-order chi connectivity index (χ0) is 37.5. The van der Waals surface area contributed by atoms with Crippen molar-refractivity contribution in [1.82, 2.24) is 0 Å². The van der Waals surface area contributed by atoms with E-state index >= 15 is 4.79 Å². The Labute approximate surface area is 316 Å². The van der Waals surface area contributed by atoms with Gasteiger partial charge in [0, 0.05) is 18.9 Å². The zero-order valence-electron chi connectivity index (χ0n) is 33.3. The lowest BCUT2D eigenvalue weighted by atomic mass is 9.50. The molecule has 0 spiro atoms. The Kier molecular flexibility index (Phi) is 8.38. The molecule has 0 aromatic carbocycles. The average molecular weight is 737 g/mol. The van der Waals surface area contributed by atoms with Crippen LogP contribution >= 0.6 is 0 Å². The van der Waals surface area contributed by atoms with Crippen LogP contribution in [0.1, 0.15) is 138 Å². The molecule has 0 amide bonds. The first-order valence-corrected chi connectivity index (χ1v) is 21.4. The smallest absolute Gasteiger partial charge is 0.312 e. The first-order valence-electron chi connectivity index (χ1n) is 21.4. The number of fused-ring (bicyclic) bond motifs is 1. The Morgan fingerprint density at radius 1 is 0.717 bits per heavy atom. The molecule has 10 bridgehead atoms. The zero-order valence-corrected chi connectivity index (χ0v) is 33.3. The molecule has 1 aliphatic heterocycles. The molecule has 1 heterocycles. The summed E-state index contributed by atoms with van der Waals surface area (Å²) < 4.78 is 31.5. The minimum Gasteiger partial charge on any atom is -0.461 e. The standard InChI is InChI=1S/C44H64O9/c1-8-41(4,38(47)52-34-26-16-31-32(17-26)36(45)50-35(31)34)22-42(5,39(48)53-43(6)29-12-23-9-24(14-29)15-30(43)13-23)21-40(2,3)37(46)51-33-27-10-25-11-28(33)20-44(18-25,19-27)49-7/h23-35H,8-22H2,1-7H3. The number of hydrogen-bond donors (Lipinski definition) is 0. The number of hydrogen-bond acceptors (Lipinski definition) is 9. The van der Waals surface area contributed by atoms with Crippen molar-refractivity contribution in [3.05, 3.63) is 0 Å². The predicted molar refractivity (Wildman–Crippen MR) is 194 cm³/mol. The predicted octanol–water partition coefficient (Wildman–Crippen LogP) is 7.60. The van der Waals surface area contributed by atoms with Crippen LogP contribution in [0.3, 0.4) is 0 Å². The maximum Gasteiger partial charge on any atom is 0.312 e. The van der Waals surface area contributed by atoms with E-state index in [0.29, 0.717) is 42.4 Å². The van der Waals surface area contributed by atoms with Crippen molar-refractivity contribution in [2.24, 2.45) is 75.4 Å². The fourth-order valence-electron chi connectivity index (χ4n) is 15.0. The normalized spacial score (nSPS) is 47.6. The van der Waals surface area contributed by atoms with Crippen LogP contribution < -0.4 is 0 Å². The van der Waals surface area contributed by atoms with Gasteiger partial charge in [0.05, 0.1) is 27.8 Å². The first kappa shape index (κ1) is 36.5. The quantitative estimate of drug-likeness (QED) is 0.148. The lowest BCUT2D eigenvalue weighted by molar-refractivity contribution is -0.218. The number of ether oxygens (including phenoxy) is 5. The molecule has 0 N–H and O–H groups in total. The third-order valence-corrected chi connectivity index (χ3v) is 17.5. The van der Waals surface area contributed by atoms with E-state index in [1.807, 2.05) is 41.7 Å². The highest BCUT2D eigenvalue weighted by atomic mass is 16.6. The molecular weight excluding hydrogens is 672 g/mol. The van der Waals surface area contributed by atoms with Gasteiger partial charge in [0.25, 0.3) is 0 Å². The number of carbonyl (C=O) groups excluding carboxylic acids is 4. The molecule has 53 heavy (non-hydrogen) atoms. The fourth-order valence-corrected chi connectivity index (χ4v) is 15.0. The van der Waals surface area contributed by atoms with E-state index < -0.39 is 27.9 Å². The van der Waals surface area contributed by atoms with Crippen molar-refractivity contribution in [1.29, 1.82) is 0 Å². The Balaban J connectivity index is 0.963. The van der Waals surface area contributed by atoms with Crippen molar-refractivity contribution in [2.45, 2.75) is 167 Å². The first-order chi connectivity index (χ1) is 25.0. The van der Waals surface area contributed by atoms with Crippen molar-refractivity contribution >= 4 is 23.9 Å². The van der Waals surface area contributed by atoms with Gasteiger partial charge < -0.3 is 23.7 Å². The molecule has 9 nitrogen and oxygen atoms in total. The van der Waals surface area contributed by atoms with E-state index in [1.54, 1.807) is 0 Å². The van der Waals surface area contributed by atoms with Crippen LogP contribution in [0.5, 0.6) is 0 Å². The Hall–Kier alpha value is -2.16. The summed E-state index contributed by atoms with van der Waals surface area (Å²) in [7, 11) is 1.83. The van der Waals surface area contributed by atoms with Crippen LogP contribution in [0.2, 0.25) is 0 Å². The van der Waals surface area contributed by atoms with Crippen molar-refractivity contribution in [2.75, 3.05) is 7.11 Å². The molecule has 10 saturated carbocycles. The van der Waals surface area contributed by atoms with Gasteiger partial charge in [-0.15, -0.1) is 0 Å². The van der Waals surface area contributed by atoms with Gasteiger partial charge in [0.15, 0.2) is 0 Å². The molecule has 11 rings (SSSR count). The molecule has 11 fully saturated rings. The Morgan fingerprint density at radius 2 is 1.34 bits per heavy atom. The molecule has 0 aromatic rings. The number of methoxy groups -OCH3 is 1. The minimum absolute atomic E-state index is 0.0657. The Morgan fingerprint density at radius 3 is 1.94 bits per heavy atom. The van der Waals surface area contributed by atoms with Gasteiger partial charge in [-0.1, -0.05) is 6.92 Å². The molecule has 0 radical (unpaired) electrons. The third-order valence-electron chi connectivity index (χ3n) is 17.5. The van der Waals surface area contributed by atoms with Gasteiger partial charge in [-0.25, -0.2) is 0 Å². The van der Waals surface area contributed by atoms with Crippen molar-refractivity contribution < 1.29 is 42.9 Å². The van der Waals surface area contributed by atoms with Crippen molar-refractivity contribution in [3.8, 4) is 0 Å². The van der Waals surface area contributed by atoms with Crippen LogP contribution in [0.25, 0.3) is 0 Å². The minimum atomic E-state index is -1.17. The number of carbonyl (C=O) groups is 4. The Bertz CT molecular complexity index is 1510. The molecule has 294 valence electrons. The molecule has 9 heteroatoms. The highest BCUT2D eigenvalue weighted by Crippen LogP contribution is 2.62. The lowest BCUT2D eigenvalue weighted by Gasteiger charge is -2.59. The van der Waals surface area contributed by atoms with Gasteiger partial charge in [0.1, 0.15) is 23.9 Å². The molecule has 0 aromatic heterocycles. The second-order valence-corrected chi connectivity index (χ2v) is 21.6. The summed E-state index contributed by atoms with van der Waals surface area (Å²) in [5.41, 5.74) is -3.85. The summed E-state index contributed by atoms with van der Waals surface area (Å²) in [5.74, 6) is 2.44. The SMILES string of the molecule is CCC(C)(CC(C)(CC(C)(C)C(=O)OC1C2CC3CC1CC(OC)(C3)C2)C(=O)OC1(C)C2CC3CC(C2)CC1C3)C(=O)OC1C2CC3C(=O)OC1C3C2. The van der Waals surface area contributed by atoms with E-state index in [4.69, 9.17) is 23.7 Å². The van der Waals surface area contributed by atoms with E-state index in [0.717, 1.165) is 76.0 Å². The summed E-state index contributed by atoms with van der Waals surface area (Å²) in [6.07, 6.45) is 12.3. The number of rotatable bonds is 12. The van der Waals surface area contributed by atoms with Crippen LogP contribution in [0.4, 0.5) is 0 Å². The lowest BCUT2D eigenvalue weighted by Crippen LogP contribution is -2.59. The van der Waals surface area contributed by atoms with Crippen molar-refractivity contribution in [3.63, 3.8) is 0 Å². The molecule has 11 aliphatic rings. The maximum absolute atomic E-state index is 15.0. The largest absolute Gasteiger partial charge is 0.461 e. The molecule has 9 unspecified atom stereocenters. The second-order valence-electron chi connectivity index (χ2n) is 21.6. The highest BCUT2D eigenvalue weighted by molar-refractivity contribution is 5.83. The summed E-state index contributed by atoms with van der Waals surface area (Å²) in [4.78, 5) is 56.3. The van der Waals surface area contributed by atoms with E-state index in [2.05, 4.69) is 6.92 Å². The van der Waals surface area contributed by atoms with E-state index in [1.165, 1.54) is 6.42 Å². The summed E-state index contributed by atoms with van der Waals surface area (Å²) in [6.45, 7) is 11.7. The fraction of sp³-hybridized carbons (Fsp3) is 0.909. The van der Waals surface area contributed by atoms with Gasteiger partial charge in [-0.2, -0.15) is 0 Å². The average Bonchev–Trinajstić information content (AvgIpc) is 3.73.